The molecule has 0 spiro atoms. The van der Waals surface area contributed by atoms with E-state index in [2.05, 4.69) is 26.2 Å². The molecule has 24 nitrogen and oxygen atoms in total. The van der Waals surface area contributed by atoms with Crippen LogP contribution in [0, 0.1) is 35.5 Å². The smallest absolute Gasteiger partial charge is 0.248 e. The number of methoxy groups -OCH3 is 1. The van der Waals surface area contributed by atoms with Crippen LogP contribution in [0.2, 0.25) is 0 Å². The third-order valence-electron chi connectivity index (χ3n) is 18.4. The summed E-state index contributed by atoms with van der Waals surface area (Å²) < 4.78 is 12.3. The van der Waals surface area contributed by atoms with Crippen LogP contribution >= 0.6 is 0 Å². The third-order valence-corrected chi connectivity index (χ3v) is 18.4. The summed E-state index contributed by atoms with van der Waals surface area (Å²) in [6.07, 6.45) is 3.27. The summed E-state index contributed by atoms with van der Waals surface area (Å²) in [4.78, 5) is 160. The molecule has 3 aliphatic rings. The van der Waals surface area contributed by atoms with E-state index >= 15 is 24.0 Å². The van der Waals surface area contributed by atoms with Crippen molar-refractivity contribution >= 4 is 59.1 Å². The maximum absolute atomic E-state index is 15.2. The summed E-state index contributed by atoms with van der Waals surface area (Å²) in [5.41, 5.74) is 0. The van der Waals surface area contributed by atoms with Crippen molar-refractivity contribution in [1.29, 1.82) is 0 Å². The molecule has 10 amide bonds. The van der Waals surface area contributed by atoms with Gasteiger partial charge in [0.05, 0.1) is 24.4 Å². The largest absolute Gasteiger partial charge is 0.379 e. The van der Waals surface area contributed by atoms with Gasteiger partial charge in [-0.05, 0) is 102 Å². The molecule has 3 saturated heterocycles. The number of fused-ring (bicyclic) bond motifs is 3. The summed E-state index contributed by atoms with van der Waals surface area (Å²) in [7, 11) is 12.2. The van der Waals surface area contributed by atoms with Gasteiger partial charge in [0.25, 0.3) is 0 Å². The molecule has 4 N–H and O–H groups in total. The van der Waals surface area contributed by atoms with Crippen LogP contribution in [0.4, 0.5) is 0 Å². The molecule has 24 heteroatoms. The van der Waals surface area contributed by atoms with E-state index in [0.717, 1.165) is 0 Å². The van der Waals surface area contributed by atoms with Crippen LogP contribution in [0.3, 0.4) is 0 Å². The first-order chi connectivity index (χ1) is 41.4. The average molecular weight is 1260 g/mol. The number of carbonyl (C=O) groups excluding carboxylic acids is 10. The van der Waals surface area contributed by atoms with Crippen molar-refractivity contribution in [3.8, 4) is 0 Å². The van der Waals surface area contributed by atoms with Gasteiger partial charge >= 0.3 is 0 Å². The highest BCUT2D eigenvalue weighted by Crippen LogP contribution is 2.30. The van der Waals surface area contributed by atoms with E-state index in [4.69, 9.17) is 9.47 Å². The lowest BCUT2D eigenvalue weighted by Gasteiger charge is -2.43. The predicted molar refractivity (Wildman–Crippen MR) is 343 cm³/mol. The number of amides is 10. The molecule has 3 aliphatic heterocycles. The molecule has 508 valence electrons. The molecule has 3 fully saturated rings. The van der Waals surface area contributed by atoms with E-state index in [9.17, 15) is 24.0 Å². The Kier molecular flexibility index (Phi) is 30.2. The Bertz CT molecular complexity index is 2450. The van der Waals surface area contributed by atoms with Crippen LogP contribution in [0.5, 0.6) is 0 Å². The SMILES string of the molecule is CC=CCC(C)C1OC(C)C2C(=O)N(C)C1C(=O)NC(CC)C(=O)N(C)C(C)C(=O)N(C)C(C(C)CN1CC(OC)C1)C(=O)NC(C(C)C)C(=O)N(C)C(CC(C)C)CNC(C)C(=O)NC(C)C(=O)N(C)C(CC(C)C)C(=O)N(C)C(CC(C)C)C(=O)N2C. The molecule has 0 aromatic rings. The summed E-state index contributed by atoms with van der Waals surface area (Å²) in [6, 6.07) is -11.8. The molecule has 0 aromatic carbocycles. The van der Waals surface area contributed by atoms with Gasteiger partial charge in [0.1, 0.15) is 54.4 Å². The standard InChI is InChI=1S/C65H116N12O12/c1-25-27-28-40(11)55-54-58(80)68-48(26-2)61(83)70(17)44(15)60(82)74(21)52(41(12)33-77-34-47(35-77)88-24)57(79)69-51(39(9)10)64(86)71(18)46(29-36(3)4)32-66-42(13)56(78)67-43(14)59(81)72(19)49(30-37(5)6)62(84)73(20)50(31-38(7)8)63(85)75(22)53(45(16)89-55)65(87)76(54)23/h25,27,36-55,66H,26,28-35H2,1-24H3,(H,67,78)(H,68,80)(H,69,79). The van der Waals surface area contributed by atoms with Crippen LogP contribution in [-0.2, 0) is 57.4 Å². The fourth-order valence-electron chi connectivity index (χ4n) is 12.5. The summed E-state index contributed by atoms with van der Waals surface area (Å²) in [5.74, 6) is -7.07. The number of hydrogen-bond acceptors (Lipinski definition) is 14. The van der Waals surface area contributed by atoms with Crippen LogP contribution in [-0.4, -0.2) is 266 Å². The Morgan fingerprint density at radius 2 is 1.08 bits per heavy atom. The maximum Gasteiger partial charge on any atom is 0.248 e. The third kappa shape index (κ3) is 19.9. The van der Waals surface area contributed by atoms with Gasteiger partial charge in [0.15, 0.2) is 0 Å². The van der Waals surface area contributed by atoms with Crippen molar-refractivity contribution in [2.75, 3.05) is 82.6 Å². The van der Waals surface area contributed by atoms with Gasteiger partial charge in [-0.15, -0.1) is 0 Å². The van der Waals surface area contributed by atoms with Crippen LogP contribution in [0.25, 0.3) is 0 Å². The quantitative estimate of drug-likeness (QED) is 0.172. The highest BCUT2D eigenvalue weighted by molar-refractivity contribution is 5.99. The van der Waals surface area contributed by atoms with E-state index in [-0.39, 0.29) is 61.5 Å². The van der Waals surface area contributed by atoms with Gasteiger partial charge in [-0.1, -0.05) is 88.3 Å². The molecule has 89 heavy (non-hydrogen) atoms. The van der Waals surface area contributed by atoms with Crippen molar-refractivity contribution in [2.24, 2.45) is 35.5 Å². The van der Waals surface area contributed by atoms with E-state index in [1.54, 1.807) is 46.8 Å². The number of allylic oxidation sites excluding steroid dienone is 2. The molecule has 0 aliphatic carbocycles. The van der Waals surface area contributed by atoms with Gasteiger partial charge in [0.2, 0.25) is 59.1 Å². The van der Waals surface area contributed by atoms with Crippen molar-refractivity contribution < 1.29 is 57.4 Å². The second-order valence-electron chi connectivity index (χ2n) is 27.4. The zero-order chi connectivity index (χ0) is 68.0. The summed E-state index contributed by atoms with van der Waals surface area (Å²) in [6.45, 7) is 30.8. The first-order valence-electron chi connectivity index (χ1n) is 32.4. The maximum atomic E-state index is 15.2. The molecule has 0 saturated carbocycles. The first kappa shape index (κ1) is 77.5. The number of hydrogen-bond donors (Lipinski definition) is 4. The normalized spacial score (nSPS) is 30.5. The van der Waals surface area contributed by atoms with Gasteiger partial charge in [-0.2, -0.15) is 0 Å². The molecule has 0 radical (unpaired) electrons. The van der Waals surface area contributed by atoms with Crippen LogP contribution in [0.1, 0.15) is 143 Å². The molecule has 15 unspecified atom stereocenters. The van der Waals surface area contributed by atoms with Gasteiger partial charge < -0.3 is 65.0 Å². The van der Waals surface area contributed by atoms with Crippen LogP contribution in [0.15, 0.2) is 12.2 Å². The average Bonchev–Trinajstić information content (AvgIpc) is 1.79. The molecule has 0 aromatic heterocycles. The number of rotatable bonds is 15. The minimum Gasteiger partial charge on any atom is -0.379 e. The monoisotopic (exact) mass is 1260 g/mol. The Hall–Kier alpha value is -5.72. The Balaban J connectivity index is 2.30. The van der Waals surface area contributed by atoms with Gasteiger partial charge in [-0.25, -0.2) is 0 Å². The van der Waals surface area contributed by atoms with Crippen molar-refractivity contribution in [3.63, 3.8) is 0 Å². The van der Waals surface area contributed by atoms with Crippen molar-refractivity contribution in [3.05, 3.63) is 12.2 Å². The van der Waals surface area contributed by atoms with Gasteiger partial charge in [0, 0.05) is 88.7 Å². The fourth-order valence-corrected chi connectivity index (χ4v) is 12.5. The highest BCUT2D eigenvalue weighted by atomic mass is 16.5. The van der Waals surface area contributed by atoms with Crippen molar-refractivity contribution in [2.45, 2.75) is 228 Å². The number of nitrogens with one attached hydrogen (secondary N) is 4. The lowest BCUT2D eigenvalue weighted by Crippen LogP contribution is -2.63. The number of likely N-dealkylation sites (N-methyl/N-ethyl adjacent to an activating group) is 7. The summed E-state index contributed by atoms with van der Waals surface area (Å²) in [5, 5.41) is 12.0. The molecule has 3 rings (SSSR count). The molecule has 15 atom stereocenters. The highest BCUT2D eigenvalue weighted by Gasteiger charge is 2.50. The molecule has 3 heterocycles. The zero-order valence-corrected chi connectivity index (χ0v) is 58.5. The lowest BCUT2D eigenvalue weighted by molar-refractivity contribution is -0.155. The topological polar surface area (TPSA) is 263 Å². The van der Waals surface area contributed by atoms with Crippen molar-refractivity contribution in [1.82, 2.24) is 60.5 Å². The van der Waals surface area contributed by atoms with Crippen LogP contribution < -0.4 is 21.3 Å². The lowest BCUT2D eigenvalue weighted by atomic mass is 9.92. The molecular formula is C65H116N12O12. The van der Waals surface area contributed by atoms with E-state index in [1.165, 1.54) is 78.6 Å². The number of nitrogens with zero attached hydrogens (tertiary/aromatic N) is 8. The Labute approximate surface area is 533 Å². The molecular weight excluding hydrogens is 1140 g/mol. The fraction of sp³-hybridized carbons (Fsp3) is 0.815. The van der Waals surface area contributed by atoms with Gasteiger partial charge in [-0.3, -0.25) is 52.8 Å². The van der Waals surface area contributed by atoms with E-state index in [0.29, 0.717) is 32.5 Å². The summed E-state index contributed by atoms with van der Waals surface area (Å²) >= 11 is 0. The first-order valence-corrected chi connectivity index (χ1v) is 32.4. The zero-order valence-electron chi connectivity index (χ0n) is 58.5. The second kappa shape index (κ2) is 34.6. The Morgan fingerprint density at radius 1 is 0.551 bits per heavy atom. The van der Waals surface area contributed by atoms with E-state index in [1.807, 2.05) is 88.3 Å². The predicted octanol–water partition coefficient (Wildman–Crippen LogP) is 2.82. The minimum atomic E-state index is -1.32. The molecule has 2 bridgehead atoms. The van der Waals surface area contributed by atoms with E-state index < -0.39 is 144 Å². The number of carbonyl (C=O) groups is 10. The number of ether oxygens (including phenoxy) is 2. The second-order valence-corrected chi connectivity index (χ2v) is 27.4. The number of likely N-dealkylation sites (tertiary alicyclic amines) is 1. The Morgan fingerprint density at radius 3 is 1.58 bits per heavy atom. The minimum absolute atomic E-state index is 0.00947.